The summed E-state index contributed by atoms with van der Waals surface area (Å²) in [6, 6.07) is 17.5. The van der Waals surface area contributed by atoms with Crippen LogP contribution in [0.5, 0.6) is 0 Å². The van der Waals surface area contributed by atoms with Crippen molar-refractivity contribution in [3.8, 4) is 0 Å². The van der Waals surface area contributed by atoms with E-state index in [1.165, 1.54) is 12.1 Å². The van der Waals surface area contributed by atoms with Crippen LogP contribution in [0.3, 0.4) is 0 Å². The second-order valence-corrected chi connectivity index (χ2v) is 8.60. The number of ether oxygens (including phenoxy) is 1. The molecule has 0 aliphatic heterocycles. The molecule has 4 aromatic rings. The Morgan fingerprint density at radius 3 is 2.50 bits per heavy atom. The van der Waals surface area contributed by atoms with Gasteiger partial charge in [0.15, 0.2) is 5.82 Å². The minimum atomic E-state index is -0.999. The number of aromatic carboxylic acids is 1. The van der Waals surface area contributed by atoms with Crippen molar-refractivity contribution in [2.75, 3.05) is 0 Å². The van der Waals surface area contributed by atoms with Crippen LogP contribution in [-0.2, 0) is 30.9 Å². The van der Waals surface area contributed by atoms with E-state index in [4.69, 9.17) is 21.4 Å². The second kappa shape index (κ2) is 11.2. The lowest BCUT2D eigenvalue weighted by Gasteiger charge is -2.10. The molecule has 0 radical (unpaired) electrons. The number of benzene rings is 3. The van der Waals surface area contributed by atoms with Gasteiger partial charge in [-0.3, -0.25) is 9.59 Å². The van der Waals surface area contributed by atoms with Crippen molar-refractivity contribution in [1.29, 1.82) is 0 Å². The highest BCUT2D eigenvalue weighted by molar-refractivity contribution is 6.35. The summed E-state index contributed by atoms with van der Waals surface area (Å²) in [5, 5.41) is 12.3. The van der Waals surface area contributed by atoms with Gasteiger partial charge in [0.2, 0.25) is 0 Å². The standard InChI is InChI=1S/C27H24ClN3O5/c1-2-16-4-3-5-18(12-16)13-29-26(33)24-30-23-21(28)11-10-20(22(23)25(32)31-24)15-36-14-17-6-8-19(9-7-17)27(34)35/h3-12H,2,13-15H2,1H3,(H,29,33)(H,34,35)(H,30,31,32). The Labute approximate surface area is 211 Å². The molecule has 0 aliphatic rings. The molecule has 36 heavy (non-hydrogen) atoms. The average Bonchev–Trinajstić information content (AvgIpc) is 2.89. The lowest BCUT2D eigenvalue weighted by atomic mass is 10.1. The molecule has 1 aromatic heterocycles. The number of aromatic nitrogens is 2. The lowest BCUT2D eigenvalue weighted by Crippen LogP contribution is -2.28. The molecule has 1 heterocycles. The molecule has 3 N–H and O–H groups in total. The lowest BCUT2D eigenvalue weighted by molar-refractivity contribution is 0.0696. The first kappa shape index (κ1) is 25.1. The number of rotatable bonds is 9. The molecule has 0 spiro atoms. The fraction of sp³-hybridized carbons (Fsp3) is 0.185. The van der Waals surface area contributed by atoms with E-state index >= 15 is 0 Å². The number of hydrogen-bond acceptors (Lipinski definition) is 5. The third-order valence-electron chi connectivity index (χ3n) is 5.69. The fourth-order valence-electron chi connectivity index (χ4n) is 3.76. The zero-order valence-electron chi connectivity index (χ0n) is 19.5. The topological polar surface area (TPSA) is 121 Å². The van der Waals surface area contributed by atoms with Crippen LogP contribution in [0.1, 0.15) is 50.2 Å². The molecule has 0 bridgehead atoms. The fourth-order valence-corrected chi connectivity index (χ4v) is 3.96. The van der Waals surface area contributed by atoms with Crippen LogP contribution in [-0.4, -0.2) is 27.0 Å². The number of carbonyl (C=O) groups excluding carboxylic acids is 1. The van der Waals surface area contributed by atoms with Crippen LogP contribution in [0, 0.1) is 0 Å². The minimum absolute atomic E-state index is 0.0957. The number of carboxylic acids is 1. The van der Waals surface area contributed by atoms with Crippen molar-refractivity contribution < 1.29 is 19.4 Å². The Hall–Kier alpha value is -4.01. The highest BCUT2D eigenvalue weighted by Gasteiger charge is 2.16. The Balaban J connectivity index is 1.49. The molecule has 9 heteroatoms. The zero-order valence-corrected chi connectivity index (χ0v) is 20.3. The molecule has 0 fully saturated rings. The van der Waals surface area contributed by atoms with Crippen LogP contribution >= 0.6 is 11.6 Å². The number of aromatic amines is 1. The van der Waals surface area contributed by atoms with Crippen LogP contribution in [0.4, 0.5) is 0 Å². The van der Waals surface area contributed by atoms with Crippen LogP contribution in [0.15, 0.2) is 65.5 Å². The van der Waals surface area contributed by atoms with Crippen molar-refractivity contribution in [2.45, 2.75) is 33.1 Å². The number of hydrogen-bond donors (Lipinski definition) is 3. The third-order valence-corrected chi connectivity index (χ3v) is 6.00. The summed E-state index contributed by atoms with van der Waals surface area (Å²) >= 11 is 6.32. The first-order valence-corrected chi connectivity index (χ1v) is 11.7. The number of nitrogens with zero attached hydrogens (tertiary/aromatic N) is 1. The maximum atomic E-state index is 12.9. The van der Waals surface area contributed by atoms with Crippen LogP contribution in [0.2, 0.25) is 5.02 Å². The number of aryl methyl sites for hydroxylation is 1. The number of H-pyrrole nitrogens is 1. The summed E-state index contributed by atoms with van der Waals surface area (Å²) in [5.74, 6) is -1.64. The van der Waals surface area contributed by atoms with E-state index < -0.39 is 17.4 Å². The summed E-state index contributed by atoms with van der Waals surface area (Å²) < 4.78 is 5.74. The molecule has 3 aromatic carbocycles. The first-order chi connectivity index (χ1) is 17.4. The zero-order chi connectivity index (χ0) is 25.7. The Kier molecular flexibility index (Phi) is 7.77. The van der Waals surface area contributed by atoms with E-state index in [0.717, 1.165) is 23.1 Å². The highest BCUT2D eigenvalue weighted by atomic mass is 35.5. The molecule has 0 aliphatic carbocycles. The first-order valence-electron chi connectivity index (χ1n) is 11.3. The molecule has 8 nitrogen and oxygen atoms in total. The smallest absolute Gasteiger partial charge is 0.335 e. The van der Waals surface area contributed by atoms with Crippen molar-refractivity contribution in [1.82, 2.24) is 15.3 Å². The van der Waals surface area contributed by atoms with Gasteiger partial charge in [-0.15, -0.1) is 0 Å². The Morgan fingerprint density at radius 2 is 1.78 bits per heavy atom. The summed E-state index contributed by atoms with van der Waals surface area (Å²) in [7, 11) is 0. The molecular formula is C27H24ClN3O5. The number of nitrogens with one attached hydrogen (secondary N) is 2. The van der Waals surface area contributed by atoms with Gasteiger partial charge in [-0.1, -0.05) is 61.0 Å². The van der Waals surface area contributed by atoms with Gasteiger partial charge in [0.1, 0.15) is 0 Å². The van der Waals surface area contributed by atoms with Crippen molar-refractivity contribution in [3.05, 3.63) is 110 Å². The molecule has 0 atom stereocenters. The van der Waals surface area contributed by atoms with Gasteiger partial charge in [-0.2, -0.15) is 0 Å². The van der Waals surface area contributed by atoms with Crippen molar-refractivity contribution >= 4 is 34.4 Å². The van der Waals surface area contributed by atoms with E-state index in [1.54, 1.807) is 24.3 Å². The summed E-state index contributed by atoms with van der Waals surface area (Å²) in [6.45, 7) is 2.67. The second-order valence-electron chi connectivity index (χ2n) is 8.20. The normalized spacial score (nSPS) is 10.9. The number of amides is 1. The van der Waals surface area contributed by atoms with Gasteiger partial charge in [0.25, 0.3) is 11.5 Å². The molecule has 184 valence electrons. The average molecular weight is 506 g/mol. The molecular weight excluding hydrogens is 482 g/mol. The van der Waals surface area contributed by atoms with Crippen molar-refractivity contribution in [3.63, 3.8) is 0 Å². The van der Waals surface area contributed by atoms with Crippen molar-refractivity contribution in [2.24, 2.45) is 0 Å². The summed E-state index contributed by atoms with van der Waals surface area (Å²) in [4.78, 5) is 43.5. The minimum Gasteiger partial charge on any atom is -0.478 e. The van der Waals surface area contributed by atoms with E-state index in [9.17, 15) is 14.4 Å². The summed E-state index contributed by atoms with van der Waals surface area (Å²) in [5.41, 5.74) is 3.37. The Bertz CT molecular complexity index is 1480. The maximum absolute atomic E-state index is 12.9. The van der Waals surface area contributed by atoms with E-state index in [1.807, 2.05) is 24.3 Å². The monoisotopic (exact) mass is 505 g/mol. The van der Waals surface area contributed by atoms with E-state index in [-0.39, 0.29) is 40.5 Å². The number of carboxylic acid groups (broad SMARTS) is 1. The quantitative estimate of drug-likeness (QED) is 0.308. The summed E-state index contributed by atoms with van der Waals surface area (Å²) in [6.07, 6.45) is 0.892. The van der Waals surface area contributed by atoms with E-state index in [2.05, 4.69) is 22.2 Å². The molecule has 4 rings (SSSR count). The predicted molar refractivity (Wildman–Crippen MR) is 136 cm³/mol. The number of carbonyl (C=O) groups is 2. The van der Waals surface area contributed by atoms with Crippen LogP contribution in [0.25, 0.3) is 10.9 Å². The van der Waals surface area contributed by atoms with Gasteiger partial charge in [-0.25, -0.2) is 9.78 Å². The van der Waals surface area contributed by atoms with Gasteiger partial charge in [-0.05, 0) is 46.9 Å². The predicted octanol–water partition coefficient (Wildman–Crippen LogP) is 4.48. The van der Waals surface area contributed by atoms with Gasteiger partial charge < -0.3 is 20.1 Å². The number of fused-ring (bicyclic) bond motifs is 1. The van der Waals surface area contributed by atoms with Gasteiger partial charge in [0, 0.05) is 6.54 Å². The SMILES string of the molecule is CCc1cccc(CNC(=O)c2nc3c(Cl)ccc(COCc4ccc(C(=O)O)cc4)c3c(=O)[nH]2)c1. The number of halogens is 1. The Morgan fingerprint density at radius 1 is 1.03 bits per heavy atom. The van der Waals surface area contributed by atoms with Crippen LogP contribution < -0.4 is 10.9 Å². The van der Waals surface area contributed by atoms with Gasteiger partial charge in [0.05, 0.1) is 34.7 Å². The van der Waals surface area contributed by atoms with Gasteiger partial charge >= 0.3 is 5.97 Å². The largest absolute Gasteiger partial charge is 0.478 e. The third kappa shape index (κ3) is 5.79. The molecule has 0 saturated heterocycles. The molecule has 1 amide bonds. The molecule has 0 saturated carbocycles. The van der Waals surface area contributed by atoms with E-state index in [0.29, 0.717) is 12.1 Å². The maximum Gasteiger partial charge on any atom is 0.335 e. The highest BCUT2D eigenvalue weighted by Crippen LogP contribution is 2.23. The molecule has 0 unspecified atom stereocenters.